The summed E-state index contributed by atoms with van der Waals surface area (Å²) >= 11 is 1.39. The van der Waals surface area contributed by atoms with Gasteiger partial charge in [-0.25, -0.2) is 4.98 Å². The minimum absolute atomic E-state index is 0.00297. The van der Waals surface area contributed by atoms with Crippen LogP contribution in [0.15, 0.2) is 29.3 Å². The molecule has 1 aromatic carbocycles. The highest BCUT2D eigenvalue weighted by Crippen LogP contribution is 2.32. The Morgan fingerprint density at radius 2 is 2.17 bits per heavy atom. The average Bonchev–Trinajstić information content (AvgIpc) is 3.40. The van der Waals surface area contributed by atoms with Crippen LogP contribution in [-0.4, -0.2) is 47.2 Å². The van der Waals surface area contributed by atoms with Crippen LogP contribution < -0.4 is 16.4 Å². The molecule has 3 atom stereocenters. The van der Waals surface area contributed by atoms with Gasteiger partial charge in [0.1, 0.15) is 11.4 Å². The molecule has 3 heterocycles. The topological polar surface area (TPSA) is 109 Å². The van der Waals surface area contributed by atoms with Crippen molar-refractivity contribution >= 4 is 39.1 Å². The fourth-order valence-electron chi connectivity index (χ4n) is 4.15. The third-order valence-electron chi connectivity index (χ3n) is 5.64. The smallest absolute Gasteiger partial charge is 0.223 e. The average molecular weight is 414 g/mol. The molecule has 0 spiro atoms. The first-order valence-corrected chi connectivity index (χ1v) is 11.0. The molecule has 0 saturated carbocycles. The number of hydrogen-bond donors (Lipinski definition) is 3. The van der Waals surface area contributed by atoms with Crippen LogP contribution >= 0.6 is 11.3 Å². The van der Waals surface area contributed by atoms with Gasteiger partial charge in [0, 0.05) is 12.5 Å². The molecule has 2 aromatic rings. The number of fused-ring (bicyclic) bond motifs is 1. The maximum absolute atomic E-state index is 13.7. The van der Waals surface area contributed by atoms with Gasteiger partial charge in [0.2, 0.25) is 11.7 Å². The van der Waals surface area contributed by atoms with E-state index in [2.05, 4.69) is 34.5 Å². The maximum atomic E-state index is 13.7. The molecule has 1 aromatic heterocycles. The molecule has 0 aliphatic carbocycles. The zero-order valence-corrected chi connectivity index (χ0v) is 17.6. The molecule has 4 N–H and O–H groups in total. The van der Waals surface area contributed by atoms with E-state index in [9.17, 15) is 9.59 Å². The summed E-state index contributed by atoms with van der Waals surface area (Å²) in [4.78, 5) is 35.1. The number of nitrogens with zero attached hydrogens (tertiary/aromatic N) is 2. The molecule has 4 rings (SSSR count). The Kier molecular flexibility index (Phi) is 5.40. The number of amides is 1. The summed E-state index contributed by atoms with van der Waals surface area (Å²) in [6.07, 6.45) is 1.90. The van der Waals surface area contributed by atoms with Crippen molar-refractivity contribution in [2.75, 3.05) is 13.1 Å². The number of para-hydroxylation sites is 1. The second-order valence-electron chi connectivity index (χ2n) is 8.44. The number of aliphatic imine (C=N–C) groups is 1. The van der Waals surface area contributed by atoms with E-state index < -0.39 is 5.54 Å². The Morgan fingerprint density at radius 3 is 2.86 bits per heavy atom. The second-order valence-corrected chi connectivity index (χ2v) is 9.47. The maximum Gasteiger partial charge on any atom is 0.223 e. The Labute approximate surface area is 174 Å². The zero-order valence-electron chi connectivity index (χ0n) is 16.8. The van der Waals surface area contributed by atoms with Gasteiger partial charge in [-0.1, -0.05) is 26.0 Å². The van der Waals surface area contributed by atoms with Crippen LogP contribution in [0.3, 0.4) is 0 Å². The number of benzene rings is 1. The van der Waals surface area contributed by atoms with Crippen molar-refractivity contribution in [1.29, 1.82) is 0 Å². The van der Waals surface area contributed by atoms with Crippen LogP contribution in [0, 0.1) is 11.8 Å². The largest absolute Gasteiger partial charge is 0.358 e. The van der Waals surface area contributed by atoms with E-state index in [4.69, 9.17) is 5.73 Å². The first-order valence-electron chi connectivity index (χ1n) is 10.1. The summed E-state index contributed by atoms with van der Waals surface area (Å²) in [6, 6.07) is 7.46. The van der Waals surface area contributed by atoms with Gasteiger partial charge in [-0.2, -0.15) is 0 Å². The summed E-state index contributed by atoms with van der Waals surface area (Å²) in [5.74, 6) is 0.769. The summed E-state index contributed by atoms with van der Waals surface area (Å²) in [7, 11) is 0. The van der Waals surface area contributed by atoms with Crippen LogP contribution in [0.1, 0.15) is 42.9 Å². The molecule has 1 amide bonds. The Morgan fingerprint density at radius 1 is 1.38 bits per heavy atom. The molecule has 1 saturated heterocycles. The normalized spacial score (nSPS) is 25.2. The van der Waals surface area contributed by atoms with Crippen LogP contribution in [0.25, 0.3) is 10.2 Å². The van der Waals surface area contributed by atoms with Crippen molar-refractivity contribution in [2.24, 2.45) is 22.6 Å². The van der Waals surface area contributed by atoms with E-state index in [1.165, 1.54) is 11.3 Å². The van der Waals surface area contributed by atoms with Crippen molar-refractivity contribution < 1.29 is 9.59 Å². The lowest BCUT2D eigenvalue weighted by atomic mass is 9.83. The number of aromatic nitrogens is 1. The van der Waals surface area contributed by atoms with Crippen LogP contribution in [-0.2, 0) is 4.79 Å². The summed E-state index contributed by atoms with van der Waals surface area (Å²) in [5, 5.41) is 6.68. The summed E-state index contributed by atoms with van der Waals surface area (Å²) in [6.45, 7) is 5.15. The molecule has 3 unspecified atom stereocenters. The van der Waals surface area contributed by atoms with E-state index in [1.807, 2.05) is 24.3 Å². The molecule has 1 fully saturated rings. The fraction of sp³-hybridized carbons (Fsp3) is 0.524. The molecular weight excluding hydrogens is 386 g/mol. The molecular formula is C21H27N5O2S. The van der Waals surface area contributed by atoms with Gasteiger partial charge < -0.3 is 16.4 Å². The molecule has 2 aliphatic heterocycles. The Balaban J connectivity index is 1.63. The van der Waals surface area contributed by atoms with Crippen molar-refractivity contribution in [1.82, 2.24) is 15.6 Å². The van der Waals surface area contributed by atoms with E-state index in [1.54, 1.807) is 0 Å². The number of carbonyl (C=O) groups excluding carboxylic acids is 2. The quantitative estimate of drug-likeness (QED) is 0.603. The number of nitrogens with one attached hydrogen (secondary N) is 2. The standard InChI is InChI=1S/C21H27N5O2S/c1-12(2)9-14(22)18-24-11-21(26-18,10-13-7-8-23-19(13)28)17(27)20-25-15-5-3-4-6-16(15)29-20/h3-6,12-14H,7-11,22H2,1-2H3,(H,23,28)(H,24,26). The number of ketones is 1. The minimum atomic E-state index is -0.968. The van der Waals surface area contributed by atoms with E-state index in [-0.39, 0.29) is 30.2 Å². The summed E-state index contributed by atoms with van der Waals surface area (Å²) in [5.41, 5.74) is 6.18. The van der Waals surface area contributed by atoms with Gasteiger partial charge >= 0.3 is 0 Å². The van der Waals surface area contributed by atoms with Crippen molar-refractivity contribution in [3.63, 3.8) is 0 Å². The number of carbonyl (C=O) groups is 2. The van der Waals surface area contributed by atoms with Gasteiger partial charge in [-0.3, -0.25) is 14.6 Å². The predicted molar refractivity (Wildman–Crippen MR) is 115 cm³/mol. The van der Waals surface area contributed by atoms with Gasteiger partial charge in [0.05, 0.1) is 22.8 Å². The van der Waals surface area contributed by atoms with Crippen LogP contribution in [0.4, 0.5) is 0 Å². The third-order valence-corrected chi connectivity index (χ3v) is 6.68. The number of hydrogen-bond acceptors (Lipinski definition) is 7. The molecule has 0 bridgehead atoms. The highest BCUT2D eigenvalue weighted by molar-refractivity contribution is 7.20. The number of nitrogens with two attached hydrogens (primary N) is 1. The van der Waals surface area contributed by atoms with Crippen LogP contribution in [0.5, 0.6) is 0 Å². The minimum Gasteiger partial charge on any atom is -0.358 e. The number of amidine groups is 1. The molecule has 7 nitrogen and oxygen atoms in total. The first-order chi connectivity index (χ1) is 13.9. The zero-order chi connectivity index (χ0) is 20.6. The van der Waals surface area contributed by atoms with Gasteiger partial charge in [0.15, 0.2) is 5.01 Å². The Bertz CT molecular complexity index is 936. The Hall–Kier alpha value is -2.32. The third kappa shape index (κ3) is 3.91. The lowest BCUT2D eigenvalue weighted by molar-refractivity contribution is -0.122. The lowest BCUT2D eigenvalue weighted by Gasteiger charge is -2.30. The van der Waals surface area contributed by atoms with Gasteiger partial charge in [-0.15, -0.1) is 11.3 Å². The molecule has 0 radical (unpaired) electrons. The molecule has 8 heteroatoms. The summed E-state index contributed by atoms with van der Waals surface area (Å²) < 4.78 is 0.972. The number of rotatable bonds is 7. The first kappa shape index (κ1) is 20.0. The second kappa shape index (κ2) is 7.84. The predicted octanol–water partition coefficient (Wildman–Crippen LogP) is 2.12. The molecule has 154 valence electrons. The number of Topliss-reactive ketones (excluding diaryl/α,β-unsaturated/α-hetero) is 1. The van der Waals surface area contributed by atoms with Crippen molar-refractivity contribution in [2.45, 2.75) is 44.7 Å². The van der Waals surface area contributed by atoms with E-state index >= 15 is 0 Å². The SMILES string of the molecule is CC(C)CC(N)C1=NCC(CC2CCNC2=O)(C(=O)c2nc3ccccc3s2)N1. The monoisotopic (exact) mass is 413 g/mol. The van der Waals surface area contributed by atoms with Crippen molar-refractivity contribution in [3.8, 4) is 0 Å². The van der Waals surface area contributed by atoms with E-state index in [0.717, 1.165) is 23.1 Å². The van der Waals surface area contributed by atoms with Crippen LogP contribution in [0.2, 0.25) is 0 Å². The number of thiazole rings is 1. The highest BCUT2D eigenvalue weighted by Gasteiger charge is 2.48. The fourth-order valence-corrected chi connectivity index (χ4v) is 5.15. The molecule has 29 heavy (non-hydrogen) atoms. The van der Waals surface area contributed by atoms with E-state index in [0.29, 0.717) is 29.7 Å². The van der Waals surface area contributed by atoms with Gasteiger partial charge in [0.25, 0.3) is 0 Å². The highest BCUT2D eigenvalue weighted by atomic mass is 32.1. The lowest BCUT2D eigenvalue weighted by Crippen LogP contribution is -2.57. The van der Waals surface area contributed by atoms with Crippen molar-refractivity contribution in [3.05, 3.63) is 29.3 Å². The molecule has 2 aliphatic rings. The van der Waals surface area contributed by atoms with Gasteiger partial charge in [-0.05, 0) is 37.3 Å².